The van der Waals surface area contributed by atoms with Crippen molar-refractivity contribution in [3.63, 3.8) is 0 Å². The summed E-state index contributed by atoms with van der Waals surface area (Å²) in [6.07, 6.45) is 2.56. The first-order chi connectivity index (χ1) is 18.9. The molecule has 0 amide bonds. The smallest absolute Gasteiger partial charge is 0.238 e. The van der Waals surface area contributed by atoms with Crippen molar-refractivity contribution >= 4 is 21.4 Å². The lowest BCUT2D eigenvalue weighted by Crippen LogP contribution is -2.19. The lowest BCUT2D eigenvalue weighted by molar-refractivity contribution is 0.597. The van der Waals surface area contributed by atoms with E-state index in [1.54, 1.807) is 24.3 Å². The zero-order chi connectivity index (χ0) is 27.0. The van der Waals surface area contributed by atoms with Crippen LogP contribution < -0.4 is 10.1 Å². The number of para-hydroxylation sites is 1. The summed E-state index contributed by atoms with van der Waals surface area (Å²) in [5.41, 5.74) is 5.85. The number of hydrogen-bond donors (Lipinski definition) is 1. The molecule has 0 saturated heterocycles. The van der Waals surface area contributed by atoms with Crippen LogP contribution in [0.25, 0.3) is 16.9 Å². The molecular weight excluding hydrogens is 513 g/mol. The summed E-state index contributed by atoms with van der Waals surface area (Å²) in [5.74, 6) is -0.324. The molecular formula is C30H24FN5O2S. The molecule has 0 radical (unpaired) electrons. The van der Waals surface area contributed by atoms with Gasteiger partial charge < -0.3 is 0 Å². The molecule has 1 aliphatic heterocycles. The molecule has 0 aliphatic carbocycles. The molecule has 0 fully saturated rings. The number of benzene rings is 4. The van der Waals surface area contributed by atoms with E-state index < -0.39 is 10.0 Å². The van der Waals surface area contributed by atoms with Crippen LogP contribution in [0, 0.1) is 5.82 Å². The van der Waals surface area contributed by atoms with E-state index in [4.69, 9.17) is 15.3 Å². The zero-order valence-electron chi connectivity index (χ0n) is 20.7. The van der Waals surface area contributed by atoms with Gasteiger partial charge in [-0.05, 0) is 66.2 Å². The number of primary sulfonamides is 1. The molecule has 194 valence electrons. The van der Waals surface area contributed by atoms with E-state index in [0.29, 0.717) is 17.8 Å². The van der Waals surface area contributed by atoms with Crippen LogP contribution in [0.5, 0.6) is 0 Å². The highest BCUT2D eigenvalue weighted by Crippen LogP contribution is 2.41. The first-order valence-electron chi connectivity index (χ1n) is 12.3. The summed E-state index contributed by atoms with van der Waals surface area (Å²) in [4.78, 5) is 0.0261. The SMILES string of the molecule is NS(=O)(=O)c1ccc(N2N=C(c3ccccc3)CC2c2cn(-c3ccccc3)nc2-c2ccc(F)cc2)cc1. The largest absolute Gasteiger partial charge is 0.257 e. The maximum absolute atomic E-state index is 13.8. The first-order valence-corrected chi connectivity index (χ1v) is 13.9. The van der Waals surface area contributed by atoms with Gasteiger partial charge in [0.2, 0.25) is 10.0 Å². The number of rotatable bonds is 6. The van der Waals surface area contributed by atoms with Crippen LogP contribution in [0.3, 0.4) is 0 Å². The fourth-order valence-electron chi connectivity index (χ4n) is 4.76. The van der Waals surface area contributed by atoms with Gasteiger partial charge in [-0.25, -0.2) is 22.6 Å². The van der Waals surface area contributed by atoms with Crippen LogP contribution in [0.2, 0.25) is 0 Å². The van der Waals surface area contributed by atoms with E-state index in [9.17, 15) is 12.8 Å². The number of nitrogens with two attached hydrogens (primary N) is 1. The fraction of sp³-hybridized carbons (Fsp3) is 0.0667. The van der Waals surface area contributed by atoms with Crippen LogP contribution >= 0.6 is 0 Å². The average molecular weight is 538 g/mol. The van der Waals surface area contributed by atoms with Gasteiger partial charge in [0, 0.05) is 23.7 Å². The molecule has 1 atom stereocenters. The Morgan fingerprint density at radius 3 is 2.05 bits per heavy atom. The van der Waals surface area contributed by atoms with Crippen LogP contribution in [0.1, 0.15) is 23.6 Å². The van der Waals surface area contributed by atoms with Gasteiger partial charge in [-0.1, -0.05) is 48.5 Å². The number of anilines is 1. The van der Waals surface area contributed by atoms with Crippen molar-refractivity contribution in [2.45, 2.75) is 17.4 Å². The maximum atomic E-state index is 13.8. The Hall–Kier alpha value is -4.60. The lowest BCUT2D eigenvalue weighted by atomic mass is 9.96. The third-order valence-electron chi connectivity index (χ3n) is 6.69. The number of nitrogens with zero attached hydrogens (tertiary/aromatic N) is 4. The molecule has 9 heteroatoms. The number of aromatic nitrogens is 2. The van der Waals surface area contributed by atoms with E-state index in [0.717, 1.165) is 28.1 Å². The van der Waals surface area contributed by atoms with Crippen molar-refractivity contribution in [2.24, 2.45) is 10.2 Å². The number of hydrazone groups is 1. The van der Waals surface area contributed by atoms with E-state index in [-0.39, 0.29) is 16.8 Å². The van der Waals surface area contributed by atoms with Crippen LogP contribution in [-0.2, 0) is 10.0 Å². The average Bonchev–Trinajstić information content (AvgIpc) is 3.59. The van der Waals surface area contributed by atoms with E-state index in [2.05, 4.69) is 0 Å². The Kier molecular flexibility index (Phi) is 6.30. The minimum atomic E-state index is -3.83. The van der Waals surface area contributed by atoms with E-state index in [1.165, 1.54) is 24.3 Å². The number of halogens is 1. The second-order valence-corrected chi connectivity index (χ2v) is 10.8. The van der Waals surface area contributed by atoms with Crippen LogP contribution in [0.15, 0.2) is 125 Å². The van der Waals surface area contributed by atoms with Gasteiger partial charge in [-0.15, -0.1) is 0 Å². The third kappa shape index (κ3) is 4.97. The Labute approximate surface area is 225 Å². The summed E-state index contributed by atoms with van der Waals surface area (Å²) >= 11 is 0. The second-order valence-electron chi connectivity index (χ2n) is 9.24. The number of hydrogen-bond acceptors (Lipinski definition) is 5. The van der Waals surface area contributed by atoms with Crippen molar-refractivity contribution in [3.05, 3.63) is 132 Å². The van der Waals surface area contributed by atoms with Gasteiger partial charge in [0.1, 0.15) is 5.82 Å². The maximum Gasteiger partial charge on any atom is 0.238 e. The second kappa shape index (κ2) is 9.94. The molecule has 4 aromatic carbocycles. The predicted octanol–water partition coefficient (Wildman–Crippen LogP) is 5.68. The van der Waals surface area contributed by atoms with Gasteiger partial charge in [0.25, 0.3) is 0 Å². The highest BCUT2D eigenvalue weighted by atomic mass is 32.2. The molecule has 0 bridgehead atoms. The standard InChI is InChI=1S/C30H24FN5O2S/c31-23-13-11-22(12-14-23)30-27(20-35(34-30)24-9-5-2-6-10-24)29-19-28(21-7-3-1-4-8-21)33-36(29)25-15-17-26(18-16-25)39(32,37)38/h1-18,20,29H,19H2,(H2,32,37,38). The van der Waals surface area contributed by atoms with Gasteiger partial charge >= 0.3 is 0 Å². The van der Waals surface area contributed by atoms with Gasteiger partial charge in [0.15, 0.2) is 0 Å². The first kappa shape index (κ1) is 24.7. The molecule has 1 unspecified atom stereocenters. The Bertz CT molecular complexity index is 1750. The molecule has 39 heavy (non-hydrogen) atoms. The summed E-state index contributed by atoms with van der Waals surface area (Å²) in [7, 11) is -3.83. The molecule has 2 N–H and O–H groups in total. The minimum absolute atomic E-state index is 0.0261. The lowest BCUT2D eigenvalue weighted by Gasteiger charge is -2.24. The predicted molar refractivity (Wildman–Crippen MR) is 150 cm³/mol. The molecule has 7 nitrogen and oxygen atoms in total. The molecule has 1 aromatic heterocycles. The van der Waals surface area contributed by atoms with Crippen LogP contribution in [0.4, 0.5) is 10.1 Å². The van der Waals surface area contributed by atoms with Crippen LogP contribution in [-0.4, -0.2) is 23.9 Å². The summed E-state index contributed by atoms with van der Waals surface area (Å²) in [6.45, 7) is 0. The molecule has 5 aromatic rings. The Morgan fingerprint density at radius 2 is 1.41 bits per heavy atom. The van der Waals surface area contributed by atoms with Crippen molar-refractivity contribution in [2.75, 3.05) is 5.01 Å². The Balaban J connectivity index is 1.50. The summed E-state index contributed by atoms with van der Waals surface area (Å²) < 4.78 is 39.3. The molecule has 1 aliphatic rings. The van der Waals surface area contributed by atoms with Crippen molar-refractivity contribution < 1.29 is 12.8 Å². The van der Waals surface area contributed by atoms with Gasteiger partial charge in [-0.3, -0.25) is 5.01 Å². The molecule has 6 rings (SSSR count). The topological polar surface area (TPSA) is 93.6 Å². The Morgan fingerprint density at radius 1 is 0.769 bits per heavy atom. The molecule has 0 saturated carbocycles. The van der Waals surface area contributed by atoms with Crippen molar-refractivity contribution in [1.82, 2.24) is 9.78 Å². The molecule has 2 heterocycles. The number of sulfonamides is 1. The summed E-state index contributed by atoms with van der Waals surface area (Å²) in [5, 5.41) is 17.1. The van der Waals surface area contributed by atoms with E-state index in [1.807, 2.05) is 76.6 Å². The van der Waals surface area contributed by atoms with Crippen molar-refractivity contribution in [1.29, 1.82) is 0 Å². The molecule has 0 spiro atoms. The quantitative estimate of drug-likeness (QED) is 0.302. The normalized spacial score (nSPS) is 15.4. The highest BCUT2D eigenvalue weighted by Gasteiger charge is 2.33. The van der Waals surface area contributed by atoms with E-state index >= 15 is 0 Å². The monoisotopic (exact) mass is 537 g/mol. The summed E-state index contributed by atoms with van der Waals surface area (Å²) in [6, 6.07) is 32.0. The zero-order valence-corrected chi connectivity index (χ0v) is 21.5. The minimum Gasteiger partial charge on any atom is -0.257 e. The third-order valence-corrected chi connectivity index (χ3v) is 7.62. The fourth-order valence-corrected chi connectivity index (χ4v) is 5.28. The van der Waals surface area contributed by atoms with Crippen molar-refractivity contribution in [3.8, 4) is 16.9 Å². The van der Waals surface area contributed by atoms with Gasteiger partial charge in [0.05, 0.1) is 33.7 Å². The van der Waals surface area contributed by atoms with Gasteiger partial charge in [-0.2, -0.15) is 10.2 Å². The highest BCUT2D eigenvalue weighted by molar-refractivity contribution is 7.89.